The average molecular weight is 250 g/mol. The molecule has 18 heavy (non-hydrogen) atoms. The summed E-state index contributed by atoms with van der Waals surface area (Å²) >= 11 is 0. The number of rotatable bonds is 8. The molecule has 1 heterocycles. The van der Waals surface area contributed by atoms with E-state index in [2.05, 4.69) is 25.3 Å². The molecule has 0 bridgehead atoms. The van der Waals surface area contributed by atoms with Crippen LogP contribution in [0.4, 0.5) is 0 Å². The van der Waals surface area contributed by atoms with Crippen LogP contribution in [0.3, 0.4) is 0 Å². The van der Waals surface area contributed by atoms with Crippen molar-refractivity contribution < 1.29 is 9.47 Å². The number of hydrogen-bond donors (Lipinski definition) is 0. The largest absolute Gasteiger partial charge is 0.378 e. The van der Waals surface area contributed by atoms with E-state index in [1.54, 1.807) is 7.11 Å². The Balaban J connectivity index is 2.30. The van der Waals surface area contributed by atoms with E-state index in [0.717, 1.165) is 12.8 Å². The Bertz CT molecular complexity index is 313. The van der Waals surface area contributed by atoms with E-state index >= 15 is 0 Å². The van der Waals surface area contributed by atoms with Gasteiger partial charge in [0.25, 0.3) is 0 Å². The fraction of sp³-hybridized carbons (Fsp3) is 0.750. The fourth-order valence-electron chi connectivity index (χ4n) is 2.15. The summed E-state index contributed by atoms with van der Waals surface area (Å²) in [5.41, 5.74) is -0.297. The summed E-state index contributed by atoms with van der Waals surface area (Å²) in [6.07, 6.45) is 8.90. The first kappa shape index (κ1) is 15.3. The van der Waals surface area contributed by atoms with Gasteiger partial charge in [0.15, 0.2) is 5.60 Å². The highest BCUT2D eigenvalue weighted by Crippen LogP contribution is 2.39. The van der Waals surface area contributed by atoms with Crippen molar-refractivity contribution in [3.05, 3.63) is 12.7 Å². The van der Waals surface area contributed by atoms with Crippen LogP contribution in [0.1, 0.15) is 52.4 Å². The van der Waals surface area contributed by atoms with Crippen LogP contribution in [0.15, 0.2) is 12.7 Å². The number of unbranched alkanes of at least 4 members (excludes halogenated alkanes) is 4. The van der Waals surface area contributed by atoms with Gasteiger partial charge in [0, 0.05) is 13.5 Å². The lowest BCUT2D eigenvalue weighted by Crippen LogP contribution is -2.23. The summed E-state index contributed by atoms with van der Waals surface area (Å²) in [7, 11) is 1.72. The lowest BCUT2D eigenvalue weighted by Gasteiger charge is -2.10. The highest BCUT2D eigenvalue weighted by atomic mass is 16.6. The van der Waals surface area contributed by atoms with Gasteiger partial charge in [-0.15, -0.1) is 12.5 Å². The topological polar surface area (TPSA) is 21.8 Å². The van der Waals surface area contributed by atoms with E-state index in [9.17, 15) is 0 Å². The van der Waals surface area contributed by atoms with Crippen LogP contribution >= 0.6 is 0 Å². The molecule has 1 aliphatic rings. The third kappa shape index (κ3) is 4.48. The van der Waals surface area contributed by atoms with Crippen molar-refractivity contribution in [2.45, 2.75) is 70.2 Å². The Morgan fingerprint density at radius 3 is 2.83 bits per heavy atom. The average Bonchev–Trinajstić information content (AvgIpc) is 3.03. The van der Waals surface area contributed by atoms with Gasteiger partial charge in [-0.3, -0.25) is 0 Å². The van der Waals surface area contributed by atoms with Crippen molar-refractivity contribution in [1.82, 2.24) is 0 Å². The quantitative estimate of drug-likeness (QED) is 0.283. The highest BCUT2D eigenvalue weighted by Gasteiger charge is 2.55. The van der Waals surface area contributed by atoms with Crippen molar-refractivity contribution in [3.8, 4) is 11.8 Å². The van der Waals surface area contributed by atoms with Crippen molar-refractivity contribution in [2.75, 3.05) is 7.11 Å². The standard InChI is InChI=1S/C16H26O2/c1-5-7-8-9-10-11-13-16(3)15(18-16)14(17-4)12-6-2/h6,14-15H,2,5,7-10,12H2,1,3-4H3/t14-,15+,16-/m0/s1. The Morgan fingerprint density at radius 2 is 2.22 bits per heavy atom. The lowest BCUT2D eigenvalue weighted by molar-refractivity contribution is 0.0786. The summed E-state index contributed by atoms with van der Waals surface area (Å²) in [4.78, 5) is 0. The van der Waals surface area contributed by atoms with E-state index in [-0.39, 0.29) is 17.8 Å². The Labute approximate surface area is 112 Å². The summed E-state index contributed by atoms with van der Waals surface area (Å²) in [6, 6.07) is 0. The molecule has 1 rings (SSSR count). The summed E-state index contributed by atoms with van der Waals surface area (Å²) < 4.78 is 11.1. The molecular weight excluding hydrogens is 224 g/mol. The maximum atomic E-state index is 5.69. The molecular formula is C16H26O2. The van der Waals surface area contributed by atoms with Gasteiger partial charge in [-0.2, -0.15) is 0 Å². The summed E-state index contributed by atoms with van der Waals surface area (Å²) in [5, 5.41) is 0. The van der Waals surface area contributed by atoms with Crippen LogP contribution < -0.4 is 0 Å². The zero-order valence-corrected chi connectivity index (χ0v) is 12.0. The van der Waals surface area contributed by atoms with Crippen LogP contribution in [0.25, 0.3) is 0 Å². The molecule has 1 fully saturated rings. The zero-order chi connectivity index (χ0) is 13.4. The van der Waals surface area contributed by atoms with Crippen molar-refractivity contribution >= 4 is 0 Å². The molecule has 102 valence electrons. The van der Waals surface area contributed by atoms with Crippen molar-refractivity contribution in [2.24, 2.45) is 0 Å². The van der Waals surface area contributed by atoms with E-state index in [1.165, 1.54) is 25.7 Å². The van der Waals surface area contributed by atoms with E-state index in [1.807, 2.05) is 13.0 Å². The smallest absolute Gasteiger partial charge is 0.155 e. The summed E-state index contributed by atoms with van der Waals surface area (Å²) in [6.45, 7) is 8.01. The maximum absolute atomic E-state index is 5.69. The minimum Gasteiger partial charge on any atom is -0.378 e. The molecule has 3 atom stereocenters. The number of methoxy groups -OCH3 is 1. The van der Waals surface area contributed by atoms with Gasteiger partial charge >= 0.3 is 0 Å². The van der Waals surface area contributed by atoms with Crippen LogP contribution in [0, 0.1) is 11.8 Å². The minimum atomic E-state index is -0.297. The van der Waals surface area contributed by atoms with Gasteiger partial charge in [-0.05, 0) is 19.8 Å². The predicted molar refractivity (Wildman–Crippen MR) is 75.4 cm³/mol. The van der Waals surface area contributed by atoms with Gasteiger partial charge in [0.2, 0.25) is 0 Å². The molecule has 0 aromatic carbocycles. The molecule has 0 N–H and O–H groups in total. The number of ether oxygens (including phenoxy) is 2. The first-order chi connectivity index (χ1) is 8.68. The summed E-state index contributed by atoms with van der Waals surface area (Å²) in [5.74, 6) is 6.49. The lowest BCUT2D eigenvalue weighted by atomic mass is 10.0. The Morgan fingerprint density at radius 1 is 1.44 bits per heavy atom. The van der Waals surface area contributed by atoms with E-state index < -0.39 is 0 Å². The van der Waals surface area contributed by atoms with Crippen LogP contribution in [0.5, 0.6) is 0 Å². The first-order valence-corrected chi connectivity index (χ1v) is 6.99. The van der Waals surface area contributed by atoms with Gasteiger partial charge in [0.1, 0.15) is 6.10 Å². The molecule has 2 heteroatoms. The molecule has 0 aliphatic carbocycles. The van der Waals surface area contributed by atoms with Crippen LogP contribution in [-0.2, 0) is 9.47 Å². The third-order valence-electron chi connectivity index (χ3n) is 3.39. The predicted octanol–water partition coefficient (Wildman–Crippen LogP) is 3.71. The normalized spacial score (nSPS) is 27.2. The van der Waals surface area contributed by atoms with E-state index in [0.29, 0.717) is 0 Å². The van der Waals surface area contributed by atoms with Crippen molar-refractivity contribution in [3.63, 3.8) is 0 Å². The molecule has 1 aliphatic heterocycles. The Hall–Kier alpha value is -0.780. The molecule has 0 amide bonds. The fourth-order valence-corrected chi connectivity index (χ4v) is 2.15. The molecule has 0 spiro atoms. The second-order valence-electron chi connectivity index (χ2n) is 5.06. The van der Waals surface area contributed by atoms with Gasteiger partial charge in [-0.25, -0.2) is 0 Å². The van der Waals surface area contributed by atoms with Gasteiger partial charge in [0.05, 0.1) is 6.10 Å². The monoisotopic (exact) mass is 250 g/mol. The molecule has 0 aromatic rings. The molecule has 0 aromatic heterocycles. The minimum absolute atomic E-state index is 0.0851. The first-order valence-electron chi connectivity index (χ1n) is 6.99. The van der Waals surface area contributed by atoms with Gasteiger partial charge in [-0.1, -0.05) is 38.2 Å². The molecule has 0 unspecified atom stereocenters. The molecule has 0 saturated carbocycles. The maximum Gasteiger partial charge on any atom is 0.155 e. The second kappa shape index (κ2) is 7.61. The van der Waals surface area contributed by atoms with Gasteiger partial charge < -0.3 is 9.47 Å². The highest BCUT2D eigenvalue weighted by molar-refractivity contribution is 5.25. The molecule has 2 nitrogen and oxygen atoms in total. The zero-order valence-electron chi connectivity index (χ0n) is 12.0. The van der Waals surface area contributed by atoms with Crippen molar-refractivity contribution in [1.29, 1.82) is 0 Å². The second-order valence-corrected chi connectivity index (χ2v) is 5.06. The SMILES string of the molecule is C=CC[C@H](OC)[C@H]1O[C@@]1(C)C#CCCCCCC. The third-order valence-corrected chi connectivity index (χ3v) is 3.39. The number of hydrogen-bond acceptors (Lipinski definition) is 2. The van der Waals surface area contributed by atoms with Crippen LogP contribution in [-0.4, -0.2) is 24.9 Å². The molecule has 1 saturated heterocycles. The van der Waals surface area contributed by atoms with Crippen LogP contribution in [0.2, 0.25) is 0 Å². The number of epoxide rings is 1. The Kier molecular flexibility index (Phi) is 6.46. The molecule has 0 radical (unpaired) electrons. The van der Waals surface area contributed by atoms with E-state index in [4.69, 9.17) is 9.47 Å².